The standard InChI is InChI=1S/C6H11O.3BF4.K/c1-5(7)6(2,3)4;3*2-1(3,4)5;/h1H2,2-4H3;;;;/q;3*-1;. The van der Waals surface area contributed by atoms with Crippen LogP contribution in [-0.4, -0.2) is 76.5 Å². The second kappa shape index (κ2) is 12.9. The van der Waals surface area contributed by atoms with Gasteiger partial charge < -0.3 is 51.8 Å². The summed E-state index contributed by atoms with van der Waals surface area (Å²) in [7, 11) is -18.0. The minimum absolute atomic E-state index is 0.0833. The summed E-state index contributed by atoms with van der Waals surface area (Å²) in [5.74, 6) is 0.414. The van der Waals surface area contributed by atoms with Gasteiger partial charge >= 0.3 is 108 Å². The third-order valence-corrected chi connectivity index (χ3v) is 2.16. The maximum atomic E-state index is 10.9. The summed E-state index contributed by atoms with van der Waals surface area (Å²) in [5.41, 5.74) is -0.0833. The van der Waals surface area contributed by atoms with E-state index in [1.807, 2.05) is 20.8 Å². The zero-order chi connectivity index (χ0) is 20.3. The van der Waals surface area contributed by atoms with Crippen LogP contribution in [0.1, 0.15) is 20.8 Å². The van der Waals surface area contributed by atoms with Crippen LogP contribution in [0.5, 0.6) is 0 Å². The molecule has 0 aliphatic carbocycles. The number of carbonyl (C=O) groups excluding carboxylic acids is 1. The molecule has 0 radical (unpaired) electrons. The predicted molar refractivity (Wildman–Crippen MR) is 65.6 cm³/mol. The summed E-state index contributed by atoms with van der Waals surface area (Å²) in [4.78, 5) is 10.9. The zero-order valence-corrected chi connectivity index (χ0v) is 15.5. The Bertz CT molecular complexity index is 259. The third-order valence-electron chi connectivity index (χ3n) is 1.16. The van der Waals surface area contributed by atoms with Crippen LogP contribution in [0.25, 0.3) is 0 Å². The molecule has 0 N–H and O–H groups in total. The van der Waals surface area contributed by atoms with Crippen molar-refractivity contribution in [2.24, 2.45) is 5.41 Å². The molecule has 0 aromatic heterocycles. The molecule has 23 heavy (non-hydrogen) atoms. The Kier molecular flexibility index (Phi) is 17.7. The number of ketones is 1. The smallest absolute Gasteiger partial charge is 0.418 e. The van der Waals surface area contributed by atoms with Crippen molar-refractivity contribution >= 4 is 76.5 Å². The van der Waals surface area contributed by atoms with Gasteiger partial charge in [-0.1, -0.05) is 0 Å². The molecule has 0 rings (SSSR count). The third kappa shape index (κ3) is 129. The monoisotopic (exact) mass is 399 g/mol. The van der Waals surface area contributed by atoms with Crippen LogP contribution in [0.15, 0.2) is 0 Å². The molecule has 0 fully saturated rings. The minimum atomic E-state index is -6.00. The first-order valence-corrected chi connectivity index (χ1v) is 7.84. The fraction of sp³-hybridized carbons (Fsp3) is 0.833. The van der Waals surface area contributed by atoms with E-state index in [0.717, 1.165) is 0.515 Å². The number of hydrogen-bond donors (Lipinski definition) is 0. The van der Waals surface area contributed by atoms with Gasteiger partial charge in [-0.25, -0.2) is 0 Å². The molecule has 0 aliphatic rings. The van der Waals surface area contributed by atoms with Gasteiger partial charge in [0.15, 0.2) is 0 Å². The van der Waals surface area contributed by atoms with Gasteiger partial charge in [0.05, 0.1) is 0 Å². The molecule has 0 spiro atoms. The largest absolute Gasteiger partial charge is 0.673 e. The molecule has 0 atom stereocenters. The first-order valence-electron chi connectivity index (χ1n) is 5.63. The van der Waals surface area contributed by atoms with E-state index in [1.165, 1.54) is 0 Å². The fourth-order valence-corrected chi connectivity index (χ4v) is 2.19. The average molecular weight is 399 g/mol. The number of hydrogen-bond acceptors (Lipinski definition) is 1. The van der Waals surface area contributed by atoms with Crippen molar-refractivity contribution < 1.29 is 56.6 Å². The molecule has 0 heterocycles. The molecule has 0 aromatic carbocycles. The molecule has 0 aromatic rings. The van der Waals surface area contributed by atoms with Gasteiger partial charge in [-0.15, -0.1) is 0 Å². The van der Waals surface area contributed by atoms with Gasteiger partial charge in [-0.3, -0.25) is 0 Å². The normalized spacial score (nSPS) is 11.9. The molecular formula is C6H11B3F12KO-3. The van der Waals surface area contributed by atoms with E-state index in [4.69, 9.17) is 0 Å². The van der Waals surface area contributed by atoms with E-state index in [9.17, 15) is 56.6 Å². The fourth-order valence-electron chi connectivity index (χ4n) is 0.530. The Morgan fingerprint density at radius 2 is 0.826 bits per heavy atom. The van der Waals surface area contributed by atoms with Crippen LogP contribution in [0.2, 0.25) is 0.515 Å². The molecule has 0 aliphatic heterocycles. The minimum Gasteiger partial charge on any atom is -0.418 e. The molecule has 0 unspecified atom stereocenters. The molecule has 0 saturated carbocycles. The Hall–Kier alpha value is 0.661. The summed E-state index contributed by atoms with van der Waals surface area (Å²) in [6.45, 7) is 5.92. The molecule has 138 valence electrons. The van der Waals surface area contributed by atoms with E-state index in [0.29, 0.717) is 54.7 Å². The molecule has 0 bridgehead atoms. The van der Waals surface area contributed by atoms with Gasteiger partial charge in [0.25, 0.3) is 0 Å². The Morgan fingerprint density at radius 1 is 0.696 bits per heavy atom. The average Bonchev–Trinajstić information content (AvgIpc) is 2.06. The first kappa shape index (κ1) is 31.4. The predicted octanol–water partition coefficient (Wildman–Crippen LogP) is 5.09. The van der Waals surface area contributed by atoms with E-state index in [1.54, 1.807) is 0 Å². The van der Waals surface area contributed by atoms with Crippen LogP contribution in [-0.2, 0) is 4.79 Å². The maximum absolute atomic E-state index is 10.9. The van der Waals surface area contributed by atoms with Crippen LogP contribution < -0.4 is 0 Å². The summed E-state index contributed by atoms with van der Waals surface area (Å²) in [5, 5.41) is 0. The van der Waals surface area contributed by atoms with Gasteiger partial charge in [0, 0.05) is 0 Å². The first-order chi connectivity index (χ1) is 9.48. The van der Waals surface area contributed by atoms with Crippen LogP contribution in [0.4, 0.5) is 51.8 Å². The topological polar surface area (TPSA) is 17.1 Å². The molecule has 1 nitrogen and oxygen atoms in total. The van der Waals surface area contributed by atoms with E-state index < -0.39 is 21.8 Å². The van der Waals surface area contributed by atoms with E-state index in [-0.39, 0.29) is 5.41 Å². The molecular weight excluding hydrogens is 388 g/mol. The van der Waals surface area contributed by atoms with Crippen molar-refractivity contribution in [3.05, 3.63) is 0 Å². The van der Waals surface area contributed by atoms with Crippen molar-refractivity contribution in [3.63, 3.8) is 0 Å². The number of halogens is 12. The molecule has 0 amide bonds. The van der Waals surface area contributed by atoms with E-state index in [2.05, 4.69) is 0 Å². The van der Waals surface area contributed by atoms with Crippen molar-refractivity contribution in [2.45, 2.75) is 21.3 Å². The van der Waals surface area contributed by atoms with Crippen LogP contribution in [0.3, 0.4) is 0 Å². The maximum Gasteiger partial charge on any atom is 0.673 e. The van der Waals surface area contributed by atoms with Crippen molar-refractivity contribution in [1.82, 2.24) is 0 Å². The van der Waals surface area contributed by atoms with Crippen molar-refractivity contribution in [3.8, 4) is 0 Å². The Morgan fingerprint density at radius 3 is 0.826 bits per heavy atom. The van der Waals surface area contributed by atoms with Gasteiger partial charge in [-0.05, 0) is 0 Å². The van der Waals surface area contributed by atoms with Crippen molar-refractivity contribution in [1.29, 1.82) is 0 Å². The Labute approximate surface area is 158 Å². The van der Waals surface area contributed by atoms with Crippen LogP contribution >= 0.6 is 0 Å². The molecule has 17 heteroatoms. The number of Topliss-reactive ketones (excluding diaryl/α,β-unsaturated/α-hetero) is 1. The second-order valence-electron chi connectivity index (χ2n) is 4.51. The quantitative estimate of drug-likeness (QED) is 0.444. The van der Waals surface area contributed by atoms with Gasteiger partial charge in [0.1, 0.15) is 0 Å². The van der Waals surface area contributed by atoms with Crippen molar-refractivity contribution in [2.75, 3.05) is 0 Å². The SMILES string of the molecule is CC(C)(C)C(=O)[CH2][K].F[B-](F)(F)F.F[B-](F)(F)F.F[B-](F)(F)F. The summed E-state index contributed by atoms with van der Waals surface area (Å²) in [6, 6.07) is 0. The zero-order valence-electron chi connectivity index (χ0n) is 12.4. The molecule has 0 saturated heterocycles. The summed E-state index contributed by atoms with van der Waals surface area (Å²) < 4.78 is 118. The summed E-state index contributed by atoms with van der Waals surface area (Å²) >= 11 is 0.692. The number of rotatable bonds is 1. The second-order valence-corrected chi connectivity index (χ2v) is 5.62. The van der Waals surface area contributed by atoms with E-state index >= 15 is 0 Å². The van der Waals surface area contributed by atoms with Crippen LogP contribution in [0, 0.1) is 5.41 Å². The summed E-state index contributed by atoms with van der Waals surface area (Å²) in [6.07, 6.45) is 0. The van der Waals surface area contributed by atoms with Gasteiger partial charge in [-0.2, -0.15) is 0 Å². The van der Waals surface area contributed by atoms with Gasteiger partial charge in [0.2, 0.25) is 0 Å². The number of carbonyl (C=O) groups is 1. The Balaban J connectivity index is -0.000000108.